The van der Waals surface area contributed by atoms with Gasteiger partial charge in [-0.2, -0.15) is 0 Å². The Morgan fingerprint density at radius 2 is 1.50 bits per heavy atom. The van der Waals surface area contributed by atoms with Crippen molar-refractivity contribution in [3.05, 3.63) is 0 Å². The summed E-state index contributed by atoms with van der Waals surface area (Å²) >= 11 is 0. The molecule has 0 atom stereocenters. The Morgan fingerprint density at radius 3 is 1.94 bits per heavy atom. The van der Waals surface area contributed by atoms with Crippen molar-refractivity contribution in [3.8, 4) is 0 Å². The summed E-state index contributed by atoms with van der Waals surface area (Å²) in [5.41, 5.74) is -0.252. The Hall–Kier alpha value is -1.06. The summed E-state index contributed by atoms with van der Waals surface area (Å²) < 4.78 is 5.67. The molecule has 4 saturated carbocycles. The van der Waals surface area contributed by atoms with Gasteiger partial charge in [0.15, 0.2) is 0 Å². The highest BCUT2D eigenvalue weighted by atomic mass is 16.6. The van der Waals surface area contributed by atoms with Gasteiger partial charge >= 0.3 is 5.97 Å². The third-order valence-electron chi connectivity index (χ3n) is 4.85. The van der Waals surface area contributed by atoms with Crippen LogP contribution in [0.15, 0.2) is 0 Å². The van der Waals surface area contributed by atoms with Gasteiger partial charge in [0.25, 0.3) is 0 Å². The van der Waals surface area contributed by atoms with Crippen molar-refractivity contribution in [2.75, 3.05) is 0 Å². The molecule has 0 heterocycles. The highest BCUT2D eigenvalue weighted by Crippen LogP contribution is 2.57. The lowest BCUT2D eigenvalue weighted by atomic mass is 9.54. The summed E-state index contributed by atoms with van der Waals surface area (Å²) in [5, 5.41) is 10.3. The van der Waals surface area contributed by atoms with Gasteiger partial charge in [0.05, 0.1) is 6.42 Å². The van der Waals surface area contributed by atoms with E-state index < -0.39 is 5.97 Å². The molecule has 0 amide bonds. The van der Waals surface area contributed by atoms with Crippen LogP contribution in [0.3, 0.4) is 0 Å². The Morgan fingerprint density at radius 1 is 1.00 bits per heavy atom. The van der Waals surface area contributed by atoms with E-state index in [-0.39, 0.29) is 24.4 Å². The Kier molecular flexibility index (Phi) is 2.83. The molecule has 4 bridgehead atoms. The first-order valence-corrected chi connectivity index (χ1v) is 6.96. The number of carbonyl (C=O) groups excluding carboxylic acids is 2. The number of carboxylic acids is 1. The average molecular weight is 251 g/mol. The van der Waals surface area contributed by atoms with Crippen LogP contribution in [0.5, 0.6) is 0 Å². The Bertz CT molecular complexity index is 339. The summed E-state index contributed by atoms with van der Waals surface area (Å²) in [4.78, 5) is 22.1. The second-order valence-electron chi connectivity index (χ2n) is 6.45. The van der Waals surface area contributed by atoms with E-state index in [0.29, 0.717) is 0 Å². The third-order valence-corrected chi connectivity index (χ3v) is 4.85. The van der Waals surface area contributed by atoms with E-state index >= 15 is 0 Å². The number of hydrogen-bond donors (Lipinski definition) is 0. The minimum Gasteiger partial charge on any atom is -0.550 e. The second-order valence-corrected chi connectivity index (χ2v) is 6.45. The van der Waals surface area contributed by atoms with Gasteiger partial charge in [-0.25, -0.2) is 0 Å². The first-order chi connectivity index (χ1) is 8.55. The molecule has 18 heavy (non-hydrogen) atoms. The van der Waals surface area contributed by atoms with Crippen molar-refractivity contribution in [1.29, 1.82) is 0 Å². The normalized spacial score (nSPS) is 40.8. The molecule has 0 aromatic rings. The lowest BCUT2D eigenvalue weighted by molar-refractivity contribution is -0.306. The monoisotopic (exact) mass is 251 g/mol. The first kappa shape index (κ1) is 12.0. The number of rotatable bonds is 4. The number of esters is 1. The molecule has 0 N–H and O–H groups in total. The molecule has 0 unspecified atom stereocenters. The van der Waals surface area contributed by atoms with Gasteiger partial charge in [-0.15, -0.1) is 0 Å². The van der Waals surface area contributed by atoms with Gasteiger partial charge in [-0.05, 0) is 62.7 Å². The predicted octanol–water partition coefficient (Wildman–Crippen LogP) is 1.03. The highest BCUT2D eigenvalue weighted by molar-refractivity contribution is 5.76. The molecular weight excluding hydrogens is 232 g/mol. The molecular formula is C14H19O4-. The molecule has 4 rings (SSSR count). The molecule has 0 aromatic carbocycles. The quantitative estimate of drug-likeness (QED) is 0.700. The zero-order chi connectivity index (χ0) is 12.8. The summed E-state index contributed by atoms with van der Waals surface area (Å²) in [6.07, 6.45) is 6.61. The maximum atomic E-state index is 11.7. The van der Waals surface area contributed by atoms with Gasteiger partial charge in [0.2, 0.25) is 0 Å². The van der Waals surface area contributed by atoms with Crippen LogP contribution in [0.1, 0.15) is 51.4 Å². The molecule has 0 saturated heterocycles. The number of carbonyl (C=O) groups is 2. The Balaban J connectivity index is 1.61. The number of aliphatic carboxylic acids is 1. The fraction of sp³-hybridized carbons (Fsp3) is 0.857. The molecule has 4 aliphatic rings. The van der Waals surface area contributed by atoms with Gasteiger partial charge in [0, 0.05) is 5.97 Å². The lowest BCUT2D eigenvalue weighted by Gasteiger charge is -2.55. The topological polar surface area (TPSA) is 66.4 Å². The third kappa shape index (κ3) is 2.25. The van der Waals surface area contributed by atoms with Crippen LogP contribution in [0, 0.1) is 17.8 Å². The van der Waals surface area contributed by atoms with Crippen LogP contribution in [-0.2, 0) is 14.3 Å². The maximum Gasteiger partial charge on any atom is 0.306 e. The molecule has 0 aliphatic heterocycles. The standard InChI is InChI=1S/C14H20O4/c15-12(16)1-2-13(17)18-14-6-9-3-10(7-14)5-11(4-9)8-14/h9-11H,1-8H2,(H,15,16)/p-1. The number of ether oxygens (including phenoxy) is 1. The first-order valence-electron chi connectivity index (χ1n) is 6.96. The van der Waals surface area contributed by atoms with Crippen LogP contribution in [-0.4, -0.2) is 17.5 Å². The lowest BCUT2D eigenvalue weighted by Crippen LogP contribution is -2.52. The average Bonchev–Trinajstić information content (AvgIpc) is 2.23. The molecule has 0 aromatic heterocycles. The van der Waals surface area contributed by atoms with Crippen molar-refractivity contribution < 1.29 is 19.4 Å². The summed E-state index contributed by atoms with van der Waals surface area (Å²) in [6, 6.07) is 0. The largest absolute Gasteiger partial charge is 0.550 e. The van der Waals surface area contributed by atoms with Crippen molar-refractivity contribution in [3.63, 3.8) is 0 Å². The van der Waals surface area contributed by atoms with Gasteiger partial charge in [-0.3, -0.25) is 4.79 Å². The van der Waals surface area contributed by atoms with Crippen LogP contribution in [0.2, 0.25) is 0 Å². The van der Waals surface area contributed by atoms with E-state index in [4.69, 9.17) is 4.74 Å². The van der Waals surface area contributed by atoms with Crippen molar-refractivity contribution in [2.24, 2.45) is 17.8 Å². The fourth-order valence-corrected chi connectivity index (χ4v) is 4.65. The second kappa shape index (κ2) is 4.25. The fourth-order valence-electron chi connectivity index (χ4n) is 4.65. The van der Waals surface area contributed by atoms with E-state index in [1.54, 1.807) is 0 Å². The van der Waals surface area contributed by atoms with E-state index in [1.165, 1.54) is 19.3 Å². The van der Waals surface area contributed by atoms with E-state index in [2.05, 4.69) is 0 Å². The van der Waals surface area contributed by atoms with Gasteiger partial charge in [-0.1, -0.05) is 0 Å². The zero-order valence-corrected chi connectivity index (χ0v) is 10.5. The number of hydrogen-bond acceptors (Lipinski definition) is 4. The molecule has 4 heteroatoms. The minimum absolute atomic E-state index is 0.0515. The zero-order valence-electron chi connectivity index (χ0n) is 10.5. The smallest absolute Gasteiger partial charge is 0.306 e. The molecule has 4 nitrogen and oxygen atoms in total. The van der Waals surface area contributed by atoms with Crippen molar-refractivity contribution in [1.82, 2.24) is 0 Å². The molecule has 0 spiro atoms. The van der Waals surface area contributed by atoms with Crippen molar-refractivity contribution in [2.45, 2.75) is 57.0 Å². The van der Waals surface area contributed by atoms with Crippen LogP contribution in [0.25, 0.3) is 0 Å². The van der Waals surface area contributed by atoms with Gasteiger partial charge < -0.3 is 14.6 Å². The predicted molar refractivity (Wildman–Crippen MR) is 61.2 cm³/mol. The highest BCUT2D eigenvalue weighted by Gasteiger charge is 2.53. The van der Waals surface area contributed by atoms with Gasteiger partial charge in [0.1, 0.15) is 5.60 Å². The summed E-state index contributed by atoms with van der Waals surface area (Å²) in [5.74, 6) is 0.638. The Labute approximate surface area is 107 Å². The summed E-state index contributed by atoms with van der Waals surface area (Å²) in [7, 11) is 0. The molecule has 0 radical (unpaired) electrons. The van der Waals surface area contributed by atoms with Crippen LogP contribution >= 0.6 is 0 Å². The van der Waals surface area contributed by atoms with Crippen molar-refractivity contribution >= 4 is 11.9 Å². The van der Waals surface area contributed by atoms with E-state index in [0.717, 1.165) is 37.0 Å². The summed E-state index contributed by atoms with van der Waals surface area (Å²) in [6.45, 7) is 0. The molecule has 100 valence electrons. The molecule has 4 fully saturated rings. The van der Waals surface area contributed by atoms with E-state index in [1.807, 2.05) is 0 Å². The number of carboxylic acid groups (broad SMARTS) is 1. The maximum absolute atomic E-state index is 11.7. The molecule has 4 aliphatic carbocycles. The minimum atomic E-state index is -1.18. The van der Waals surface area contributed by atoms with Crippen LogP contribution in [0.4, 0.5) is 0 Å². The SMILES string of the molecule is O=C([O-])CCC(=O)OC12CC3CC(CC(C3)C1)C2. The van der Waals surface area contributed by atoms with E-state index in [9.17, 15) is 14.7 Å². The van der Waals surface area contributed by atoms with Crippen LogP contribution < -0.4 is 5.11 Å².